The Bertz CT molecular complexity index is 522. The first-order valence-electron chi connectivity index (χ1n) is 5.26. The third kappa shape index (κ3) is 3.06. The van der Waals surface area contributed by atoms with Crippen molar-refractivity contribution in [1.29, 1.82) is 0 Å². The van der Waals surface area contributed by atoms with Gasteiger partial charge in [0.25, 0.3) is 0 Å². The van der Waals surface area contributed by atoms with Gasteiger partial charge in [-0.05, 0) is 36.8 Å². The van der Waals surface area contributed by atoms with Crippen molar-refractivity contribution in [1.82, 2.24) is 0 Å². The molecule has 0 aliphatic rings. The van der Waals surface area contributed by atoms with Gasteiger partial charge < -0.3 is 5.73 Å². The lowest BCUT2D eigenvalue weighted by atomic mass is 9.89. The predicted octanol–water partition coefficient (Wildman–Crippen LogP) is 3.96. The van der Waals surface area contributed by atoms with E-state index in [2.05, 4.69) is 0 Å². The second-order valence-electron chi connectivity index (χ2n) is 4.31. The standard InChI is InChI=1S/C13H13ClFNS/c1-13(16,8-11-5-6-12(14)17-11)9-3-2-4-10(15)7-9/h2-7H,8,16H2,1H3. The van der Waals surface area contributed by atoms with Crippen molar-refractivity contribution >= 4 is 22.9 Å². The van der Waals surface area contributed by atoms with Gasteiger partial charge in [-0.1, -0.05) is 23.7 Å². The van der Waals surface area contributed by atoms with E-state index in [-0.39, 0.29) is 5.82 Å². The molecule has 0 bridgehead atoms. The number of hydrogen-bond acceptors (Lipinski definition) is 2. The van der Waals surface area contributed by atoms with E-state index in [0.717, 1.165) is 14.8 Å². The number of rotatable bonds is 3. The normalized spacial score (nSPS) is 14.6. The lowest BCUT2D eigenvalue weighted by Gasteiger charge is -2.24. The SMILES string of the molecule is CC(N)(Cc1ccc(Cl)s1)c1cccc(F)c1. The highest BCUT2D eigenvalue weighted by Gasteiger charge is 2.22. The summed E-state index contributed by atoms with van der Waals surface area (Å²) >= 11 is 7.38. The van der Waals surface area contributed by atoms with Gasteiger partial charge in [-0.3, -0.25) is 0 Å². The zero-order chi connectivity index (χ0) is 12.5. The van der Waals surface area contributed by atoms with Crippen molar-refractivity contribution in [2.24, 2.45) is 5.73 Å². The van der Waals surface area contributed by atoms with E-state index in [0.29, 0.717) is 6.42 Å². The summed E-state index contributed by atoms with van der Waals surface area (Å²) in [5.74, 6) is -0.261. The molecule has 0 radical (unpaired) electrons. The van der Waals surface area contributed by atoms with E-state index >= 15 is 0 Å². The number of benzene rings is 1. The molecule has 90 valence electrons. The molecular weight excluding hydrogens is 257 g/mol. The summed E-state index contributed by atoms with van der Waals surface area (Å²) in [6.45, 7) is 1.90. The van der Waals surface area contributed by atoms with E-state index < -0.39 is 5.54 Å². The van der Waals surface area contributed by atoms with Crippen LogP contribution in [0.15, 0.2) is 36.4 Å². The van der Waals surface area contributed by atoms with E-state index in [1.54, 1.807) is 6.07 Å². The van der Waals surface area contributed by atoms with Crippen LogP contribution in [0.4, 0.5) is 4.39 Å². The van der Waals surface area contributed by atoms with Gasteiger partial charge in [0.2, 0.25) is 0 Å². The third-order valence-corrected chi connectivity index (χ3v) is 3.89. The highest BCUT2D eigenvalue weighted by molar-refractivity contribution is 7.16. The molecule has 2 N–H and O–H groups in total. The number of hydrogen-bond donors (Lipinski definition) is 1. The van der Waals surface area contributed by atoms with E-state index in [4.69, 9.17) is 17.3 Å². The van der Waals surface area contributed by atoms with Crippen LogP contribution in [0.25, 0.3) is 0 Å². The van der Waals surface area contributed by atoms with Crippen LogP contribution >= 0.6 is 22.9 Å². The molecule has 1 nitrogen and oxygen atoms in total. The van der Waals surface area contributed by atoms with Crippen molar-refractivity contribution < 1.29 is 4.39 Å². The molecule has 1 unspecified atom stereocenters. The Hall–Kier alpha value is -0.900. The van der Waals surface area contributed by atoms with Crippen LogP contribution in [0.5, 0.6) is 0 Å². The Balaban J connectivity index is 2.24. The largest absolute Gasteiger partial charge is 0.321 e. The predicted molar refractivity (Wildman–Crippen MR) is 71.0 cm³/mol. The average molecular weight is 270 g/mol. The van der Waals surface area contributed by atoms with Crippen molar-refractivity contribution in [3.05, 3.63) is 57.0 Å². The Morgan fingerprint density at radius 3 is 2.71 bits per heavy atom. The summed E-state index contributed by atoms with van der Waals surface area (Å²) in [6, 6.07) is 10.2. The molecular formula is C13H13ClFNS. The summed E-state index contributed by atoms with van der Waals surface area (Å²) in [5, 5.41) is 0. The van der Waals surface area contributed by atoms with Crippen LogP contribution in [-0.4, -0.2) is 0 Å². The lowest BCUT2D eigenvalue weighted by molar-refractivity contribution is 0.490. The molecule has 0 amide bonds. The highest BCUT2D eigenvalue weighted by atomic mass is 35.5. The maximum Gasteiger partial charge on any atom is 0.123 e. The van der Waals surface area contributed by atoms with Crippen LogP contribution in [0.3, 0.4) is 0 Å². The smallest absolute Gasteiger partial charge is 0.123 e. The van der Waals surface area contributed by atoms with Crippen LogP contribution in [0.1, 0.15) is 17.4 Å². The topological polar surface area (TPSA) is 26.0 Å². The maximum absolute atomic E-state index is 13.2. The molecule has 1 atom stereocenters. The molecule has 2 aromatic rings. The van der Waals surface area contributed by atoms with Gasteiger partial charge in [0, 0.05) is 16.8 Å². The Kier molecular flexibility index (Phi) is 3.52. The lowest BCUT2D eigenvalue weighted by Crippen LogP contribution is -2.35. The molecule has 17 heavy (non-hydrogen) atoms. The first kappa shape index (κ1) is 12.6. The molecule has 0 aliphatic carbocycles. The Morgan fingerprint density at radius 2 is 2.12 bits per heavy atom. The molecule has 0 spiro atoms. The molecule has 0 aliphatic heterocycles. The molecule has 0 saturated carbocycles. The van der Waals surface area contributed by atoms with Gasteiger partial charge in [0.05, 0.1) is 4.34 Å². The van der Waals surface area contributed by atoms with Crippen LogP contribution in [0, 0.1) is 5.82 Å². The second kappa shape index (κ2) is 4.77. The highest BCUT2D eigenvalue weighted by Crippen LogP contribution is 2.29. The summed E-state index contributed by atoms with van der Waals surface area (Å²) in [4.78, 5) is 1.10. The fraction of sp³-hybridized carbons (Fsp3) is 0.231. The summed E-state index contributed by atoms with van der Waals surface area (Å²) in [7, 11) is 0. The number of halogens is 2. The second-order valence-corrected chi connectivity index (χ2v) is 6.11. The summed E-state index contributed by atoms with van der Waals surface area (Å²) < 4.78 is 13.9. The van der Waals surface area contributed by atoms with Gasteiger partial charge in [-0.25, -0.2) is 4.39 Å². The van der Waals surface area contributed by atoms with Crippen molar-refractivity contribution in [2.45, 2.75) is 18.9 Å². The Labute approximate surface area is 109 Å². The quantitative estimate of drug-likeness (QED) is 0.897. The zero-order valence-corrected chi connectivity index (χ0v) is 11.0. The molecule has 0 fully saturated rings. The summed E-state index contributed by atoms with van der Waals surface area (Å²) in [6.07, 6.45) is 0.647. The molecule has 0 saturated heterocycles. The molecule has 2 rings (SSSR count). The van der Waals surface area contributed by atoms with Crippen molar-refractivity contribution in [2.75, 3.05) is 0 Å². The van der Waals surface area contributed by atoms with Gasteiger partial charge in [0.15, 0.2) is 0 Å². The third-order valence-electron chi connectivity index (χ3n) is 2.65. The minimum Gasteiger partial charge on any atom is -0.321 e. The Morgan fingerprint density at radius 1 is 1.35 bits per heavy atom. The van der Waals surface area contributed by atoms with Gasteiger partial charge in [-0.2, -0.15) is 0 Å². The maximum atomic E-state index is 13.2. The van der Waals surface area contributed by atoms with E-state index in [1.807, 2.05) is 25.1 Å². The fourth-order valence-electron chi connectivity index (χ4n) is 1.75. The first-order valence-corrected chi connectivity index (χ1v) is 6.46. The average Bonchev–Trinajstić information content (AvgIpc) is 2.63. The van der Waals surface area contributed by atoms with Gasteiger partial charge >= 0.3 is 0 Å². The minimum absolute atomic E-state index is 0.261. The molecule has 4 heteroatoms. The van der Waals surface area contributed by atoms with Crippen LogP contribution in [0.2, 0.25) is 4.34 Å². The number of thiophene rings is 1. The molecule has 1 aromatic heterocycles. The first-order chi connectivity index (χ1) is 7.97. The van der Waals surface area contributed by atoms with Gasteiger partial charge in [-0.15, -0.1) is 11.3 Å². The van der Waals surface area contributed by atoms with Crippen LogP contribution < -0.4 is 5.73 Å². The van der Waals surface area contributed by atoms with Crippen LogP contribution in [-0.2, 0) is 12.0 Å². The summed E-state index contributed by atoms with van der Waals surface area (Å²) in [5.41, 5.74) is 6.45. The van der Waals surface area contributed by atoms with Crippen molar-refractivity contribution in [3.8, 4) is 0 Å². The molecule has 1 aromatic carbocycles. The van der Waals surface area contributed by atoms with Crippen molar-refractivity contribution in [3.63, 3.8) is 0 Å². The minimum atomic E-state index is -0.587. The zero-order valence-electron chi connectivity index (χ0n) is 9.41. The monoisotopic (exact) mass is 269 g/mol. The number of nitrogens with two attached hydrogens (primary N) is 1. The molecule has 1 heterocycles. The van der Waals surface area contributed by atoms with E-state index in [9.17, 15) is 4.39 Å². The van der Waals surface area contributed by atoms with E-state index in [1.165, 1.54) is 23.5 Å². The van der Waals surface area contributed by atoms with Gasteiger partial charge in [0.1, 0.15) is 5.82 Å². The fourth-order valence-corrected chi connectivity index (χ4v) is 3.01.